The van der Waals surface area contributed by atoms with E-state index in [9.17, 15) is 5.11 Å². The highest BCUT2D eigenvalue weighted by atomic mass is 16.5. The van der Waals surface area contributed by atoms with Gasteiger partial charge in [0.1, 0.15) is 18.5 Å². The van der Waals surface area contributed by atoms with E-state index in [1.807, 2.05) is 6.07 Å². The summed E-state index contributed by atoms with van der Waals surface area (Å²) >= 11 is 0. The number of benzene rings is 1. The van der Waals surface area contributed by atoms with Crippen LogP contribution in [0.2, 0.25) is 0 Å². The van der Waals surface area contributed by atoms with Crippen LogP contribution < -0.4 is 4.74 Å². The first-order valence-electron chi connectivity index (χ1n) is 7.75. The first kappa shape index (κ1) is 16.3. The summed E-state index contributed by atoms with van der Waals surface area (Å²) in [5.74, 6) is 0.893. The molecule has 1 aromatic rings. The van der Waals surface area contributed by atoms with Gasteiger partial charge in [-0.15, -0.1) is 0 Å². The van der Waals surface area contributed by atoms with E-state index < -0.39 is 6.10 Å². The number of aliphatic hydroxyl groups is 1. The zero-order chi connectivity index (χ0) is 15.4. The molecule has 1 fully saturated rings. The van der Waals surface area contributed by atoms with Crippen molar-refractivity contribution in [2.24, 2.45) is 0 Å². The van der Waals surface area contributed by atoms with Crippen LogP contribution in [0.1, 0.15) is 16.7 Å². The van der Waals surface area contributed by atoms with Gasteiger partial charge in [0, 0.05) is 32.7 Å². The predicted molar refractivity (Wildman–Crippen MR) is 86.1 cm³/mol. The highest BCUT2D eigenvalue weighted by Gasteiger charge is 2.17. The van der Waals surface area contributed by atoms with Gasteiger partial charge in [0.25, 0.3) is 0 Å². The van der Waals surface area contributed by atoms with Gasteiger partial charge in [-0.1, -0.05) is 6.07 Å². The quantitative estimate of drug-likeness (QED) is 0.894. The van der Waals surface area contributed by atoms with Gasteiger partial charge in [-0.05, 0) is 50.6 Å². The molecule has 1 unspecified atom stereocenters. The molecule has 0 aromatic heterocycles. The second-order valence-electron chi connectivity index (χ2n) is 6.27. The molecular formula is C17H28N2O2. The van der Waals surface area contributed by atoms with Gasteiger partial charge in [0.2, 0.25) is 0 Å². The molecule has 0 bridgehead atoms. The lowest BCUT2D eigenvalue weighted by Gasteiger charge is -2.33. The standard InChI is InChI=1S/C17H28N2O2/c1-13-9-14(2)15(3)17(10-13)21-12-16(20)11-19-7-5-18(4)6-8-19/h9-10,16,20H,5-8,11-12H2,1-4H3. The van der Waals surface area contributed by atoms with Gasteiger partial charge in [-0.2, -0.15) is 0 Å². The van der Waals surface area contributed by atoms with Gasteiger partial charge in [0.05, 0.1) is 0 Å². The molecule has 118 valence electrons. The van der Waals surface area contributed by atoms with Gasteiger partial charge >= 0.3 is 0 Å². The fourth-order valence-electron chi connectivity index (χ4n) is 2.72. The fourth-order valence-corrected chi connectivity index (χ4v) is 2.72. The van der Waals surface area contributed by atoms with Crippen LogP contribution in [-0.4, -0.2) is 67.4 Å². The number of aryl methyl sites for hydroxylation is 2. The summed E-state index contributed by atoms with van der Waals surface area (Å²) in [6, 6.07) is 4.20. The molecule has 21 heavy (non-hydrogen) atoms. The minimum absolute atomic E-state index is 0.357. The Bertz CT molecular complexity index is 468. The number of ether oxygens (including phenoxy) is 1. The highest BCUT2D eigenvalue weighted by Crippen LogP contribution is 2.23. The number of hydrogen-bond donors (Lipinski definition) is 1. The Labute approximate surface area is 128 Å². The van der Waals surface area contributed by atoms with Crippen LogP contribution in [0, 0.1) is 20.8 Å². The van der Waals surface area contributed by atoms with Crippen LogP contribution >= 0.6 is 0 Å². The van der Waals surface area contributed by atoms with E-state index in [0.717, 1.165) is 37.5 Å². The lowest BCUT2D eigenvalue weighted by Crippen LogP contribution is -2.47. The van der Waals surface area contributed by atoms with Gasteiger partial charge in [-0.25, -0.2) is 0 Å². The van der Waals surface area contributed by atoms with Crippen LogP contribution in [0.25, 0.3) is 0 Å². The highest BCUT2D eigenvalue weighted by molar-refractivity contribution is 5.41. The van der Waals surface area contributed by atoms with Crippen LogP contribution in [0.15, 0.2) is 12.1 Å². The van der Waals surface area contributed by atoms with Crippen molar-refractivity contribution in [2.45, 2.75) is 26.9 Å². The Kier molecular flexibility index (Phi) is 5.62. The van der Waals surface area contributed by atoms with Crippen molar-refractivity contribution < 1.29 is 9.84 Å². The molecule has 1 saturated heterocycles. The number of nitrogens with zero attached hydrogens (tertiary/aromatic N) is 2. The first-order valence-corrected chi connectivity index (χ1v) is 7.75. The van der Waals surface area contributed by atoms with Crippen molar-refractivity contribution in [3.8, 4) is 5.75 Å². The third-order valence-corrected chi connectivity index (χ3v) is 4.26. The van der Waals surface area contributed by atoms with Crippen molar-refractivity contribution in [3.63, 3.8) is 0 Å². The Balaban J connectivity index is 1.82. The topological polar surface area (TPSA) is 35.9 Å². The van der Waals surface area contributed by atoms with Crippen LogP contribution in [-0.2, 0) is 0 Å². The fraction of sp³-hybridized carbons (Fsp3) is 0.647. The molecule has 1 atom stereocenters. The SMILES string of the molecule is Cc1cc(C)c(C)c(OCC(O)CN2CCN(C)CC2)c1. The van der Waals surface area contributed by atoms with E-state index in [1.54, 1.807) is 0 Å². The average molecular weight is 292 g/mol. The van der Waals surface area contributed by atoms with Crippen molar-refractivity contribution in [1.29, 1.82) is 0 Å². The Hall–Kier alpha value is -1.10. The summed E-state index contributed by atoms with van der Waals surface area (Å²) in [6.07, 6.45) is -0.436. The molecule has 0 saturated carbocycles. The lowest BCUT2D eigenvalue weighted by atomic mass is 10.1. The Morgan fingerprint density at radius 3 is 2.48 bits per heavy atom. The molecule has 0 spiro atoms. The maximum absolute atomic E-state index is 10.2. The molecule has 0 amide bonds. The van der Waals surface area contributed by atoms with E-state index in [2.05, 4.69) is 43.7 Å². The van der Waals surface area contributed by atoms with Crippen LogP contribution in [0.5, 0.6) is 5.75 Å². The molecule has 1 aliphatic heterocycles. The van der Waals surface area contributed by atoms with Crippen molar-refractivity contribution >= 4 is 0 Å². The zero-order valence-electron chi connectivity index (χ0n) is 13.7. The molecule has 1 heterocycles. The molecule has 0 radical (unpaired) electrons. The number of hydrogen-bond acceptors (Lipinski definition) is 4. The van der Waals surface area contributed by atoms with E-state index >= 15 is 0 Å². The second kappa shape index (κ2) is 7.25. The summed E-state index contributed by atoms with van der Waals surface area (Å²) in [5.41, 5.74) is 3.59. The second-order valence-corrected chi connectivity index (χ2v) is 6.27. The Morgan fingerprint density at radius 1 is 1.14 bits per heavy atom. The number of rotatable bonds is 5. The summed E-state index contributed by atoms with van der Waals surface area (Å²) in [5, 5.41) is 10.2. The van der Waals surface area contributed by atoms with E-state index in [-0.39, 0.29) is 0 Å². The number of β-amino-alcohol motifs (C(OH)–C–C–N with tert-alkyl or cyclic N) is 1. The van der Waals surface area contributed by atoms with E-state index in [0.29, 0.717) is 13.2 Å². The summed E-state index contributed by atoms with van der Waals surface area (Å²) < 4.78 is 5.84. The molecule has 4 heteroatoms. The van der Waals surface area contributed by atoms with Gasteiger partial charge < -0.3 is 14.7 Å². The normalized spacial score (nSPS) is 18.7. The molecular weight excluding hydrogens is 264 g/mol. The molecule has 1 N–H and O–H groups in total. The molecule has 1 aliphatic rings. The average Bonchev–Trinajstić information content (AvgIpc) is 2.44. The van der Waals surface area contributed by atoms with Gasteiger partial charge in [-0.3, -0.25) is 4.90 Å². The van der Waals surface area contributed by atoms with E-state index in [4.69, 9.17) is 4.74 Å². The monoisotopic (exact) mass is 292 g/mol. The van der Waals surface area contributed by atoms with Crippen LogP contribution in [0.3, 0.4) is 0 Å². The maximum Gasteiger partial charge on any atom is 0.122 e. The zero-order valence-corrected chi connectivity index (χ0v) is 13.7. The van der Waals surface area contributed by atoms with Crippen molar-refractivity contribution in [3.05, 3.63) is 28.8 Å². The predicted octanol–water partition coefficient (Wildman–Crippen LogP) is 1.60. The van der Waals surface area contributed by atoms with E-state index in [1.165, 1.54) is 11.1 Å². The minimum atomic E-state index is -0.436. The number of aliphatic hydroxyl groups excluding tert-OH is 1. The minimum Gasteiger partial charge on any atom is -0.491 e. The third-order valence-electron chi connectivity index (χ3n) is 4.26. The number of piperazine rings is 1. The number of likely N-dealkylation sites (N-methyl/N-ethyl adjacent to an activating group) is 1. The van der Waals surface area contributed by atoms with Gasteiger partial charge in [0.15, 0.2) is 0 Å². The summed E-state index contributed by atoms with van der Waals surface area (Å²) in [6.45, 7) is 11.5. The smallest absolute Gasteiger partial charge is 0.122 e. The first-order chi connectivity index (χ1) is 9.95. The maximum atomic E-state index is 10.2. The summed E-state index contributed by atoms with van der Waals surface area (Å²) in [7, 11) is 2.14. The largest absolute Gasteiger partial charge is 0.491 e. The molecule has 1 aromatic carbocycles. The third kappa shape index (κ3) is 4.70. The van der Waals surface area contributed by atoms with Crippen LogP contribution in [0.4, 0.5) is 0 Å². The summed E-state index contributed by atoms with van der Waals surface area (Å²) in [4.78, 5) is 4.63. The molecule has 0 aliphatic carbocycles. The lowest BCUT2D eigenvalue weighted by molar-refractivity contribution is 0.0503. The Morgan fingerprint density at radius 2 is 1.81 bits per heavy atom. The molecule has 2 rings (SSSR count). The van der Waals surface area contributed by atoms with Crippen molar-refractivity contribution in [1.82, 2.24) is 9.80 Å². The van der Waals surface area contributed by atoms with Crippen molar-refractivity contribution in [2.75, 3.05) is 46.4 Å². The molecule has 4 nitrogen and oxygen atoms in total.